The summed E-state index contributed by atoms with van der Waals surface area (Å²) in [4.78, 5) is 10.8. The zero-order valence-corrected chi connectivity index (χ0v) is 16.8. The van der Waals surface area contributed by atoms with Crippen molar-refractivity contribution < 1.29 is 5.11 Å². The first-order valence-corrected chi connectivity index (χ1v) is 10.0. The van der Waals surface area contributed by atoms with Gasteiger partial charge in [-0.2, -0.15) is 0 Å². The molecule has 5 rings (SSSR count). The van der Waals surface area contributed by atoms with Crippen LogP contribution in [0, 0.1) is 0 Å². The Labute approximate surface area is 179 Å². The molecule has 4 aromatic rings. The molecule has 148 valence electrons. The van der Waals surface area contributed by atoms with Crippen LogP contribution in [0.1, 0.15) is 23.5 Å². The number of phenolic OH excluding ortho intramolecular Hbond substituents is 1. The minimum atomic E-state index is -0.226. The average Bonchev–Trinajstić information content (AvgIpc) is 3.40. The lowest BCUT2D eigenvalue weighted by Gasteiger charge is -2.29. The first-order valence-electron chi connectivity index (χ1n) is 9.60. The number of aromatic hydroxyl groups is 1. The zero-order chi connectivity index (χ0) is 20.5. The van der Waals surface area contributed by atoms with E-state index in [0.29, 0.717) is 10.8 Å². The van der Waals surface area contributed by atoms with Crippen molar-refractivity contribution in [2.75, 3.05) is 4.90 Å². The van der Waals surface area contributed by atoms with Crippen molar-refractivity contribution >= 4 is 23.0 Å². The molecule has 30 heavy (non-hydrogen) atoms. The van der Waals surface area contributed by atoms with Gasteiger partial charge in [-0.1, -0.05) is 18.2 Å². The number of anilines is 1. The number of rotatable bonds is 4. The fraction of sp³-hybridized carbons (Fsp3) is 0.0870. The maximum absolute atomic E-state index is 10.6. The third-order valence-corrected chi connectivity index (χ3v) is 5.56. The third kappa shape index (κ3) is 3.09. The summed E-state index contributed by atoms with van der Waals surface area (Å²) >= 11 is 5.72. The highest BCUT2D eigenvalue weighted by atomic mass is 32.1. The number of thiocarbonyl (C=S) groups is 1. The topological polar surface area (TPSA) is 66.2 Å². The van der Waals surface area contributed by atoms with Crippen molar-refractivity contribution in [3.63, 3.8) is 0 Å². The normalized spacial score (nSPS) is 18.4. The second kappa shape index (κ2) is 7.61. The summed E-state index contributed by atoms with van der Waals surface area (Å²) in [6.45, 7) is 0. The number of nitrogens with one attached hydrogen (secondary N) is 1. The van der Waals surface area contributed by atoms with Gasteiger partial charge in [-0.15, -0.1) is 0 Å². The summed E-state index contributed by atoms with van der Waals surface area (Å²) in [6, 6.07) is 20.6. The van der Waals surface area contributed by atoms with Crippen molar-refractivity contribution in [3.8, 4) is 11.4 Å². The largest absolute Gasteiger partial charge is 0.506 e. The molecule has 1 aromatic carbocycles. The van der Waals surface area contributed by atoms with Crippen molar-refractivity contribution in [1.29, 1.82) is 0 Å². The Hall–Kier alpha value is -3.71. The number of hydrogen-bond donors (Lipinski definition) is 2. The Balaban J connectivity index is 1.69. The highest BCUT2D eigenvalue weighted by Gasteiger charge is 2.42. The monoisotopic (exact) mass is 413 g/mol. The van der Waals surface area contributed by atoms with Crippen LogP contribution < -0.4 is 10.2 Å². The summed E-state index contributed by atoms with van der Waals surface area (Å²) in [7, 11) is 0. The standard InChI is InChI=1S/C23H19N5OS/c29-20-11-2-1-9-18(20)28-22(21(26-23(28)30)17-8-3-4-13-25-17)19-10-6-14-27(19)16-7-5-12-24-15-16/h1-15,21-22,29H,(H,26,30)/t21-,22-/m1/s1. The van der Waals surface area contributed by atoms with Gasteiger partial charge in [0.05, 0.1) is 29.3 Å². The lowest BCUT2D eigenvalue weighted by Crippen LogP contribution is -2.30. The molecule has 3 aromatic heterocycles. The van der Waals surface area contributed by atoms with Gasteiger partial charge < -0.3 is 19.9 Å². The van der Waals surface area contributed by atoms with E-state index in [0.717, 1.165) is 17.1 Å². The van der Waals surface area contributed by atoms with Gasteiger partial charge in [-0.25, -0.2) is 0 Å². The number of hydrogen-bond acceptors (Lipinski definition) is 4. The molecule has 1 aliphatic rings. The minimum Gasteiger partial charge on any atom is -0.506 e. The molecule has 1 fully saturated rings. The maximum atomic E-state index is 10.6. The van der Waals surface area contributed by atoms with Gasteiger partial charge in [0.2, 0.25) is 0 Å². The van der Waals surface area contributed by atoms with Crippen molar-refractivity contribution in [2.45, 2.75) is 12.1 Å². The molecule has 6 nitrogen and oxygen atoms in total. The first-order chi connectivity index (χ1) is 14.7. The number of benzene rings is 1. The minimum absolute atomic E-state index is 0.174. The van der Waals surface area contributed by atoms with E-state index in [4.69, 9.17) is 12.2 Å². The predicted octanol–water partition coefficient (Wildman–Crippen LogP) is 4.15. The molecular weight excluding hydrogens is 394 g/mol. The second-order valence-corrected chi connectivity index (χ2v) is 7.39. The Morgan fingerprint density at radius 3 is 2.57 bits per heavy atom. The highest BCUT2D eigenvalue weighted by Crippen LogP contribution is 2.44. The van der Waals surface area contributed by atoms with E-state index in [-0.39, 0.29) is 17.8 Å². The van der Waals surface area contributed by atoms with Gasteiger partial charge in [-0.05, 0) is 60.7 Å². The summed E-state index contributed by atoms with van der Waals surface area (Å²) < 4.78 is 2.09. The number of phenols is 1. The van der Waals surface area contributed by atoms with Crippen LogP contribution in [0.25, 0.3) is 5.69 Å². The van der Waals surface area contributed by atoms with Crippen LogP contribution in [0.2, 0.25) is 0 Å². The summed E-state index contributed by atoms with van der Waals surface area (Å²) in [5.41, 5.74) is 3.49. The average molecular weight is 414 g/mol. The lowest BCUT2D eigenvalue weighted by atomic mass is 10.0. The van der Waals surface area contributed by atoms with E-state index in [1.807, 2.05) is 65.8 Å². The van der Waals surface area contributed by atoms with Crippen molar-refractivity contribution in [2.24, 2.45) is 0 Å². The van der Waals surface area contributed by atoms with Crippen LogP contribution in [-0.2, 0) is 0 Å². The van der Waals surface area contributed by atoms with Crippen LogP contribution in [0.4, 0.5) is 5.69 Å². The molecule has 0 radical (unpaired) electrons. The van der Waals surface area contributed by atoms with E-state index in [2.05, 4.69) is 25.9 Å². The molecule has 0 aliphatic carbocycles. The Morgan fingerprint density at radius 2 is 1.80 bits per heavy atom. The predicted molar refractivity (Wildman–Crippen MR) is 120 cm³/mol. The molecule has 0 spiro atoms. The van der Waals surface area contributed by atoms with Gasteiger partial charge in [0.1, 0.15) is 11.8 Å². The second-order valence-electron chi connectivity index (χ2n) is 7.00. The Morgan fingerprint density at radius 1 is 0.933 bits per heavy atom. The van der Waals surface area contributed by atoms with Crippen LogP contribution >= 0.6 is 12.2 Å². The first kappa shape index (κ1) is 18.3. The van der Waals surface area contributed by atoms with Crippen molar-refractivity contribution in [3.05, 3.63) is 103 Å². The molecular formula is C23H19N5OS. The van der Waals surface area contributed by atoms with Gasteiger partial charge >= 0.3 is 0 Å². The SMILES string of the molecule is Oc1ccccc1N1C(=S)N[C@H](c2ccccn2)[C@H]1c1cccn1-c1cccnc1. The Kier molecular flexibility index (Phi) is 4.65. The van der Waals surface area contributed by atoms with Crippen molar-refractivity contribution in [1.82, 2.24) is 19.9 Å². The van der Waals surface area contributed by atoms with E-state index in [1.54, 1.807) is 24.5 Å². The van der Waals surface area contributed by atoms with E-state index < -0.39 is 0 Å². The molecule has 0 saturated carbocycles. The summed E-state index contributed by atoms with van der Waals surface area (Å²) in [5, 5.41) is 14.5. The van der Waals surface area contributed by atoms with Gasteiger partial charge in [-0.3, -0.25) is 9.97 Å². The molecule has 7 heteroatoms. The molecule has 1 aliphatic heterocycles. The van der Waals surface area contributed by atoms with Gasteiger partial charge in [0.15, 0.2) is 5.11 Å². The van der Waals surface area contributed by atoms with Gasteiger partial charge in [0.25, 0.3) is 0 Å². The Bertz CT molecular complexity index is 1180. The quantitative estimate of drug-likeness (QED) is 0.490. The molecule has 0 amide bonds. The highest BCUT2D eigenvalue weighted by molar-refractivity contribution is 7.80. The van der Waals surface area contributed by atoms with Crippen LogP contribution in [-0.4, -0.2) is 24.8 Å². The van der Waals surface area contributed by atoms with Crippen LogP contribution in [0.15, 0.2) is 91.5 Å². The molecule has 0 unspecified atom stereocenters. The fourth-order valence-corrected chi connectivity index (χ4v) is 4.29. The van der Waals surface area contributed by atoms with E-state index in [9.17, 15) is 5.11 Å². The number of aromatic nitrogens is 3. The van der Waals surface area contributed by atoms with Crippen LogP contribution in [0.5, 0.6) is 5.75 Å². The number of para-hydroxylation sites is 2. The fourth-order valence-electron chi connectivity index (χ4n) is 3.95. The smallest absolute Gasteiger partial charge is 0.174 e. The number of nitrogens with zero attached hydrogens (tertiary/aromatic N) is 4. The van der Waals surface area contributed by atoms with Crippen LogP contribution in [0.3, 0.4) is 0 Å². The van der Waals surface area contributed by atoms with E-state index >= 15 is 0 Å². The molecule has 2 N–H and O–H groups in total. The zero-order valence-electron chi connectivity index (χ0n) is 16.0. The molecule has 2 atom stereocenters. The molecule has 1 saturated heterocycles. The molecule has 0 bridgehead atoms. The number of pyridine rings is 2. The summed E-state index contributed by atoms with van der Waals surface area (Å²) in [5.74, 6) is 0.174. The van der Waals surface area contributed by atoms with Gasteiger partial charge in [0, 0.05) is 24.3 Å². The lowest BCUT2D eigenvalue weighted by molar-refractivity contribution is 0.472. The van der Waals surface area contributed by atoms with E-state index in [1.165, 1.54) is 0 Å². The molecule has 4 heterocycles. The maximum Gasteiger partial charge on any atom is 0.174 e. The third-order valence-electron chi connectivity index (χ3n) is 5.25. The summed E-state index contributed by atoms with van der Waals surface area (Å²) in [6.07, 6.45) is 7.36.